The van der Waals surface area contributed by atoms with Crippen molar-refractivity contribution in [2.24, 2.45) is 0 Å². The van der Waals surface area contributed by atoms with Crippen LogP contribution >= 0.6 is 0 Å². The van der Waals surface area contributed by atoms with Gasteiger partial charge in [-0.15, -0.1) is 0 Å². The van der Waals surface area contributed by atoms with Gasteiger partial charge in [0.2, 0.25) is 0 Å². The summed E-state index contributed by atoms with van der Waals surface area (Å²) in [5, 5.41) is 4.00. The quantitative estimate of drug-likeness (QED) is 0.843. The van der Waals surface area contributed by atoms with Gasteiger partial charge in [0.15, 0.2) is 0 Å². The molecule has 0 atom stereocenters. The van der Waals surface area contributed by atoms with E-state index in [2.05, 4.69) is 10.3 Å². The number of para-hydroxylation sites is 1. The largest absolute Gasteiger partial charge is 0.462 e. The Bertz CT molecular complexity index is 594. The summed E-state index contributed by atoms with van der Waals surface area (Å²) in [6.07, 6.45) is 1.57. The lowest BCUT2D eigenvalue weighted by atomic mass is 10.1. The topological polar surface area (TPSA) is 51.2 Å². The lowest BCUT2D eigenvalue weighted by Gasteiger charge is -2.12. The molecule has 94 valence electrons. The van der Waals surface area contributed by atoms with Gasteiger partial charge in [0, 0.05) is 18.6 Å². The molecule has 0 fully saturated rings. The molecule has 0 amide bonds. The Morgan fingerprint density at radius 2 is 2.22 bits per heavy atom. The second kappa shape index (κ2) is 5.04. The van der Waals surface area contributed by atoms with Crippen LogP contribution in [0.1, 0.15) is 22.8 Å². The number of nitrogens with one attached hydrogen (secondary N) is 1. The highest BCUT2D eigenvalue weighted by Crippen LogP contribution is 2.27. The Hall–Kier alpha value is -2.10. The van der Waals surface area contributed by atoms with Gasteiger partial charge in [-0.05, 0) is 19.4 Å². The van der Waals surface area contributed by atoms with Crippen LogP contribution in [-0.2, 0) is 4.74 Å². The lowest BCUT2D eigenvalue weighted by molar-refractivity contribution is 0.0527. The van der Waals surface area contributed by atoms with Gasteiger partial charge in [-0.3, -0.25) is 4.98 Å². The molecule has 0 bridgehead atoms. The van der Waals surface area contributed by atoms with Crippen LogP contribution in [0.3, 0.4) is 0 Å². The third kappa shape index (κ3) is 2.01. The number of aryl methyl sites for hydroxylation is 1. The van der Waals surface area contributed by atoms with Gasteiger partial charge in [-0.2, -0.15) is 0 Å². The van der Waals surface area contributed by atoms with Crippen molar-refractivity contribution in [3.05, 3.63) is 35.5 Å². The summed E-state index contributed by atoms with van der Waals surface area (Å²) in [7, 11) is 1.79. The Morgan fingerprint density at radius 1 is 1.44 bits per heavy atom. The van der Waals surface area contributed by atoms with Crippen LogP contribution in [-0.4, -0.2) is 24.6 Å². The standard InChI is InChI=1S/C14H16N2O2/c1-4-18-14(17)11-8-16-12-9(2)6-5-7-10(12)13(11)15-3/h5-8H,4H2,1-3H3,(H,15,16). The van der Waals surface area contributed by atoms with Gasteiger partial charge in [0.05, 0.1) is 17.8 Å². The van der Waals surface area contributed by atoms with E-state index in [1.54, 1.807) is 20.2 Å². The maximum absolute atomic E-state index is 11.9. The van der Waals surface area contributed by atoms with E-state index in [0.717, 1.165) is 22.2 Å². The number of benzene rings is 1. The van der Waals surface area contributed by atoms with E-state index < -0.39 is 0 Å². The number of hydrogen-bond acceptors (Lipinski definition) is 4. The molecule has 0 aliphatic rings. The number of anilines is 1. The number of rotatable bonds is 3. The van der Waals surface area contributed by atoms with Crippen molar-refractivity contribution in [1.82, 2.24) is 4.98 Å². The van der Waals surface area contributed by atoms with E-state index in [1.807, 2.05) is 25.1 Å². The minimum atomic E-state index is -0.349. The summed E-state index contributed by atoms with van der Waals surface area (Å²) < 4.78 is 5.03. The summed E-state index contributed by atoms with van der Waals surface area (Å²) in [5.41, 5.74) is 3.22. The summed E-state index contributed by atoms with van der Waals surface area (Å²) in [6.45, 7) is 4.14. The fourth-order valence-electron chi connectivity index (χ4n) is 2.00. The average Bonchev–Trinajstić information content (AvgIpc) is 2.38. The van der Waals surface area contributed by atoms with Crippen LogP contribution in [0.25, 0.3) is 10.9 Å². The number of carbonyl (C=O) groups is 1. The number of pyridine rings is 1. The van der Waals surface area contributed by atoms with Crippen molar-refractivity contribution >= 4 is 22.6 Å². The van der Waals surface area contributed by atoms with Gasteiger partial charge in [-0.25, -0.2) is 4.79 Å². The monoisotopic (exact) mass is 244 g/mol. The minimum Gasteiger partial charge on any atom is -0.462 e. The third-order valence-electron chi connectivity index (χ3n) is 2.84. The van der Waals surface area contributed by atoms with Crippen molar-refractivity contribution in [3.63, 3.8) is 0 Å². The fourth-order valence-corrected chi connectivity index (χ4v) is 2.00. The highest BCUT2D eigenvalue weighted by Gasteiger charge is 2.15. The Balaban J connectivity index is 2.67. The first-order chi connectivity index (χ1) is 8.69. The van der Waals surface area contributed by atoms with E-state index in [9.17, 15) is 4.79 Å². The number of carbonyl (C=O) groups excluding carboxylic acids is 1. The van der Waals surface area contributed by atoms with Crippen LogP contribution in [0.2, 0.25) is 0 Å². The van der Waals surface area contributed by atoms with Gasteiger partial charge in [-0.1, -0.05) is 18.2 Å². The predicted octanol–water partition coefficient (Wildman–Crippen LogP) is 2.76. The van der Waals surface area contributed by atoms with Crippen molar-refractivity contribution in [3.8, 4) is 0 Å². The molecule has 0 saturated carbocycles. The van der Waals surface area contributed by atoms with Crippen LogP contribution in [0.5, 0.6) is 0 Å². The molecule has 1 N–H and O–H groups in total. The van der Waals surface area contributed by atoms with Crippen LogP contribution in [0.4, 0.5) is 5.69 Å². The Morgan fingerprint density at radius 3 is 2.89 bits per heavy atom. The van der Waals surface area contributed by atoms with E-state index in [1.165, 1.54) is 0 Å². The molecule has 1 aromatic carbocycles. The summed E-state index contributed by atoms with van der Waals surface area (Å²) in [5.74, 6) is -0.349. The lowest BCUT2D eigenvalue weighted by Crippen LogP contribution is -2.09. The highest BCUT2D eigenvalue weighted by molar-refractivity contribution is 6.05. The zero-order chi connectivity index (χ0) is 13.1. The molecule has 4 heteroatoms. The number of esters is 1. The van der Waals surface area contributed by atoms with Crippen LogP contribution < -0.4 is 5.32 Å². The van der Waals surface area contributed by atoms with Crippen LogP contribution in [0, 0.1) is 6.92 Å². The number of hydrogen-bond donors (Lipinski definition) is 1. The number of fused-ring (bicyclic) bond motifs is 1. The molecule has 2 aromatic rings. The number of ether oxygens (including phenoxy) is 1. The molecule has 2 rings (SSSR count). The fraction of sp³-hybridized carbons (Fsp3) is 0.286. The molecule has 0 spiro atoms. The van der Waals surface area contributed by atoms with Gasteiger partial charge in [0.1, 0.15) is 5.56 Å². The molecule has 0 saturated heterocycles. The minimum absolute atomic E-state index is 0.349. The molecule has 1 aromatic heterocycles. The van der Waals surface area contributed by atoms with E-state index in [-0.39, 0.29) is 5.97 Å². The van der Waals surface area contributed by atoms with Gasteiger partial charge in [0.25, 0.3) is 0 Å². The maximum Gasteiger partial charge on any atom is 0.341 e. The molecular weight excluding hydrogens is 228 g/mol. The first kappa shape index (κ1) is 12.4. The number of aromatic nitrogens is 1. The normalized spacial score (nSPS) is 10.4. The van der Waals surface area contributed by atoms with Gasteiger partial charge < -0.3 is 10.1 Å². The molecular formula is C14H16N2O2. The zero-order valence-electron chi connectivity index (χ0n) is 10.8. The first-order valence-corrected chi connectivity index (χ1v) is 5.92. The number of nitrogens with zero attached hydrogens (tertiary/aromatic N) is 1. The van der Waals surface area contributed by atoms with E-state index in [0.29, 0.717) is 12.2 Å². The van der Waals surface area contributed by atoms with Crippen molar-refractivity contribution < 1.29 is 9.53 Å². The van der Waals surface area contributed by atoms with E-state index >= 15 is 0 Å². The Kier molecular flexibility index (Phi) is 3.46. The summed E-state index contributed by atoms with van der Waals surface area (Å²) in [4.78, 5) is 16.2. The molecule has 0 radical (unpaired) electrons. The smallest absolute Gasteiger partial charge is 0.341 e. The molecule has 0 unspecified atom stereocenters. The second-order valence-corrected chi connectivity index (χ2v) is 3.99. The predicted molar refractivity (Wildman–Crippen MR) is 72.0 cm³/mol. The first-order valence-electron chi connectivity index (χ1n) is 5.92. The molecule has 18 heavy (non-hydrogen) atoms. The van der Waals surface area contributed by atoms with Crippen molar-refractivity contribution in [1.29, 1.82) is 0 Å². The Labute approximate surface area is 106 Å². The summed E-state index contributed by atoms with van der Waals surface area (Å²) in [6, 6.07) is 5.90. The van der Waals surface area contributed by atoms with E-state index in [4.69, 9.17) is 4.74 Å². The zero-order valence-corrected chi connectivity index (χ0v) is 10.8. The highest BCUT2D eigenvalue weighted by atomic mass is 16.5. The molecule has 1 heterocycles. The SMILES string of the molecule is CCOC(=O)c1cnc2c(C)cccc2c1NC. The molecule has 0 aliphatic carbocycles. The van der Waals surface area contributed by atoms with Crippen molar-refractivity contribution in [2.75, 3.05) is 19.0 Å². The molecule has 0 aliphatic heterocycles. The van der Waals surface area contributed by atoms with Crippen LogP contribution in [0.15, 0.2) is 24.4 Å². The second-order valence-electron chi connectivity index (χ2n) is 3.99. The van der Waals surface area contributed by atoms with Gasteiger partial charge >= 0.3 is 5.97 Å². The van der Waals surface area contributed by atoms with Crippen molar-refractivity contribution in [2.45, 2.75) is 13.8 Å². The average molecular weight is 244 g/mol. The third-order valence-corrected chi connectivity index (χ3v) is 2.84. The summed E-state index contributed by atoms with van der Waals surface area (Å²) >= 11 is 0. The maximum atomic E-state index is 11.9. The molecule has 4 nitrogen and oxygen atoms in total.